The second kappa shape index (κ2) is 5.69. The Labute approximate surface area is 122 Å². The Morgan fingerprint density at radius 1 is 1.48 bits per heavy atom. The molecular weight excluding hydrogens is 272 g/mol. The number of nitro benzene ring substituents is 1. The molecule has 0 spiro atoms. The summed E-state index contributed by atoms with van der Waals surface area (Å²) >= 11 is 0. The van der Waals surface area contributed by atoms with E-state index in [2.05, 4.69) is 22.1 Å². The second-order valence-corrected chi connectivity index (χ2v) is 5.40. The third kappa shape index (κ3) is 2.97. The molecule has 1 aliphatic heterocycles. The smallest absolute Gasteiger partial charge is 0.295 e. The Morgan fingerprint density at radius 3 is 2.95 bits per heavy atom. The van der Waals surface area contributed by atoms with Gasteiger partial charge >= 0.3 is 0 Å². The van der Waals surface area contributed by atoms with Gasteiger partial charge < -0.3 is 9.73 Å². The monoisotopic (exact) mass is 290 g/mol. The number of nitro groups is 1. The molecule has 0 radical (unpaired) electrons. The van der Waals surface area contributed by atoms with E-state index in [4.69, 9.17) is 4.42 Å². The highest BCUT2D eigenvalue weighted by molar-refractivity contribution is 5.77. The normalized spacial score (nSPS) is 17.2. The predicted octanol–water partition coefficient (Wildman–Crippen LogP) is 2.63. The number of nitrogens with zero attached hydrogens (tertiary/aromatic N) is 3. The molecule has 1 aromatic heterocycles. The summed E-state index contributed by atoms with van der Waals surface area (Å²) in [6.45, 7) is 5.20. The van der Waals surface area contributed by atoms with Gasteiger partial charge in [0.05, 0.1) is 11.0 Å². The van der Waals surface area contributed by atoms with Gasteiger partial charge in [0, 0.05) is 18.7 Å². The molecule has 0 saturated carbocycles. The summed E-state index contributed by atoms with van der Waals surface area (Å²) in [4.78, 5) is 17.0. The maximum atomic E-state index is 10.7. The van der Waals surface area contributed by atoms with Crippen molar-refractivity contribution in [1.82, 2.24) is 9.88 Å². The number of hydrogen-bond acceptors (Lipinski definition) is 6. The standard InChI is InChI=1S/C14H18N4O3/c1-10(17-6-2-3-7-17)9-15-14-16-12-5-4-11(18(19)20)8-13(12)21-14/h4-5,8,10H,2-3,6-7,9H2,1H3,(H,15,16). The molecule has 1 aliphatic rings. The molecule has 0 aliphatic carbocycles. The first-order valence-corrected chi connectivity index (χ1v) is 7.16. The fourth-order valence-electron chi connectivity index (χ4n) is 2.65. The summed E-state index contributed by atoms with van der Waals surface area (Å²) in [7, 11) is 0. The van der Waals surface area contributed by atoms with Crippen molar-refractivity contribution >= 4 is 22.8 Å². The number of benzene rings is 1. The minimum atomic E-state index is -0.440. The van der Waals surface area contributed by atoms with E-state index in [0.717, 1.165) is 19.6 Å². The van der Waals surface area contributed by atoms with Crippen LogP contribution in [0.25, 0.3) is 11.1 Å². The van der Waals surface area contributed by atoms with Crippen LogP contribution in [0.3, 0.4) is 0 Å². The third-order valence-corrected chi connectivity index (χ3v) is 3.90. The van der Waals surface area contributed by atoms with Crippen LogP contribution in [-0.2, 0) is 0 Å². The molecule has 112 valence electrons. The predicted molar refractivity (Wildman–Crippen MR) is 79.4 cm³/mol. The van der Waals surface area contributed by atoms with Crippen molar-refractivity contribution < 1.29 is 9.34 Å². The summed E-state index contributed by atoms with van der Waals surface area (Å²) in [6, 6.07) is 5.26. The lowest BCUT2D eigenvalue weighted by Gasteiger charge is -2.23. The lowest BCUT2D eigenvalue weighted by molar-refractivity contribution is -0.384. The van der Waals surface area contributed by atoms with Gasteiger partial charge in [-0.25, -0.2) is 0 Å². The highest BCUT2D eigenvalue weighted by atomic mass is 16.6. The molecule has 2 aromatic rings. The fourth-order valence-corrected chi connectivity index (χ4v) is 2.65. The number of non-ortho nitro benzene ring substituents is 1. The highest BCUT2D eigenvalue weighted by Crippen LogP contribution is 2.23. The van der Waals surface area contributed by atoms with Crippen LogP contribution in [0.2, 0.25) is 0 Å². The first kappa shape index (κ1) is 13.8. The van der Waals surface area contributed by atoms with Crippen molar-refractivity contribution in [3.05, 3.63) is 28.3 Å². The van der Waals surface area contributed by atoms with Gasteiger partial charge in [0.2, 0.25) is 0 Å². The summed E-state index contributed by atoms with van der Waals surface area (Å²) < 4.78 is 5.53. The van der Waals surface area contributed by atoms with Gasteiger partial charge in [0.25, 0.3) is 11.7 Å². The lowest BCUT2D eigenvalue weighted by Crippen LogP contribution is -2.35. The molecule has 2 heterocycles. The summed E-state index contributed by atoms with van der Waals surface area (Å²) in [5.41, 5.74) is 1.06. The number of hydrogen-bond donors (Lipinski definition) is 1. The van der Waals surface area contributed by atoms with Crippen LogP contribution in [-0.4, -0.2) is 40.5 Å². The Bertz CT molecular complexity index is 649. The zero-order valence-corrected chi connectivity index (χ0v) is 11.9. The van der Waals surface area contributed by atoms with Crippen molar-refractivity contribution in [2.75, 3.05) is 25.0 Å². The average Bonchev–Trinajstić information content (AvgIpc) is 3.12. The van der Waals surface area contributed by atoms with E-state index in [9.17, 15) is 10.1 Å². The Balaban J connectivity index is 1.68. The van der Waals surface area contributed by atoms with E-state index in [-0.39, 0.29) is 5.69 Å². The second-order valence-electron chi connectivity index (χ2n) is 5.40. The van der Waals surface area contributed by atoms with Crippen LogP contribution >= 0.6 is 0 Å². The van der Waals surface area contributed by atoms with Crippen molar-refractivity contribution in [1.29, 1.82) is 0 Å². The van der Waals surface area contributed by atoms with Crippen molar-refractivity contribution in [3.8, 4) is 0 Å². The lowest BCUT2D eigenvalue weighted by atomic mass is 10.3. The molecule has 0 amide bonds. The zero-order chi connectivity index (χ0) is 14.8. The number of nitrogens with one attached hydrogen (secondary N) is 1. The van der Waals surface area contributed by atoms with Gasteiger partial charge in [0.15, 0.2) is 5.58 Å². The van der Waals surface area contributed by atoms with Gasteiger partial charge in [-0.15, -0.1) is 0 Å². The molecule has 3 rings (SSSR count). The average molecular weight is 290 g/mol. The Kier molecular flexibility index (Phi) is 3.74. The van der Waals surface area contributed by atoms with Gasteiger partial charge in [0.1, 0.15) is 5.52 Å². The molecule has 0 bridgehead atoms. The number of aromatic nitrogens is 1. The van der Waals surface area contributed by atoms with E-state index in [1.807, 2.05) is 0 Å². The minimum absolute atomic E-state index is 0.00985. The molecule has 1 unspecified atom stereocenters. The molecule has 1 N–H and O–H groups in total. The van der Waals surface area contributed by atoms with Crippen molar-refractivity contribution in [2.24, 2.45) is 0 Å². The first-order valence-electron chi connectivity index (χ1n) is 7.16. The number of anilines is 1. The first-order chi connectivity index (χ1) is 10.1. The van der Waals surface area contributed by atoms with Gasteiger partial charge in [-0.2, -0.15) is 4.98 Å². The van der Waals surface area contributed by atoms with Crippen molar-refractivity contribution in [3.63, 3.8) is 0 Å². The van der Waals surface area contributed by atoms with Crippen LogP contribution in [0.1, 0.15) is 19.8 Å². The van der Waals surface area contributed by atoms with E-state index in [1.54, 1.807) is 6.07 Å². The Morgan fingerprint density at radius 2 is 2.24 bits per heavy atom. The number of likely N-dealkylation sites (tertiary alicyclic amines) is 1. The third-order valence-electron chi connectivity index (χ3n) is 3.90. The quantitative estimate of drug-likeness (QED) is 0.673. The molecular formula is C14H18N4O3. The van der Waals surface area contributed by atoms with E-state index >= 15 is 0 Å². The van der Waals surface area contributed by atoms with E-state index in [1.165, 1.54) is 25.0 Å². The fraction of sp³-hybridized carbons (Fsp3) is 0.500. The van der Waals surface area contributed by atoms with Crippen molar-refractivity contribution in [2.45, 2.75) is 25.8 Å². The zero-order valence-electron chi connectivity index (χ0n) is 11.9. The van der Waals surface area contributed by atoms with Gasteiger partial charge in [-0.3, -0.25) is 15.0 Å². The number of oxazole rings is 1. The maximum Gasteiger partial charge on any atom is 0.295 e. The van der Waals surface area contributed by atoms with E-state index < -0.39 is 4.92 Å². The van der Waals surface area contributed by atoms with Gasteiger partial charge in [-0.1, -0.05) is 0 Å². The molecule has 7 heteroatoms. The Hall–Kier alpha value is -2.15. The van der Waals surface area contributed by atoms with Crippen LogP contribution in [0.15, 0.2) is 22.6 Å². The maximum absolute atomic E-state index is 10.7. The van der Waals surface area contributed by atoms with Crippen LogP contribution in [0.5, 0.6) is 0 Å². The summed E-state index contributed by atoms with van der Waals surface area (Å²) in [6.07, 6.45) is 2.52. The highest BCUT2D eigenvalue weighted by Gasteiger charge is 2.18. The SMILES string of the molecule is CC(CNc1nc2ccc([N+](=O)[O-])cc2o1)N1CCCC1. The molecule has 21 heavy (non-hydrogen) atoms. The molecule has 1 saturated heterocycles. The molecule has 1 atom stereocenters. The minimum Gasteiger partial charge on any atom is -0.423 e. The van der Waals surface area contributed by atoms with Crippen LogP contribution in [0, 0.1) is 10.1 Å². The number of fused-ring (bicyclic) bond motifs is 1. The summed E-state index contributed by atoms with van der Waals surface area (Å²) in [5.74, 6) is 0. The van der Waals surface area contributed by atoms with Gasteiger partial charge in [-0.05, 0) is 38.9 Å². The topological polar surface area (TPSA) is 84.4 Å². The van der Waals surface area contributed by atoms with Crippen LogP contribution in [0.4, 0.5) is 11.7 Å². The molecule has 1 fully saturated rings. The summed E-state index contributed by atoms with van der Waals surface area (Å²) in [5, 5.41) is 13.9. The molecule has 1 aromatic carbocycles. The van der Waals surface area contributed by atoms with Crippen LogP contribution < -0.4 is 5.32 Å². The molecule has 7 nitrogen and oxygen atoms in total. The van der Waals surface area contributed by atoms with E-state index in [0.29, 0.717) is 23.2 Å². The number of rotatable bonds is 5. The largest absolute Gasteiger partial charge is 0.423 e.